The van der Waals surface area contributed by atoms with E-state index in [0.717, 1.165) is 19.1 Å². The summed E-state index contributed by atoms with van der Waals surface area (Å²) in [6.45, 7) is 1.15. The largest absolute Gasteiger partial charge is 0.481 e. The van der Waals surface area contributed by atoms with E-state index in [1.165, 1.54) is 6.08 Å². The molecule has 4 nitrogen and oxygen atoms in total. The number of carbonyl (C=O) groups is 2. The minimum Gasteiger partial charge on any atom is -0.481 e. The highest BCUT2D eigenvalue weighted by Gasteiger charge is 2.45. The molecule has 2 atom stereocenters. The van der Waals surface area contributed by atoms with Crippen molar-refractivity contribution in [3.8, 4) is 0 Å². The van der Waals surface area contributed by atoms with Gasteiger partial charge in [0.05, 0.1) is 5.57 Å². The maximum Gasteiger partial charge on any atom is 0.334 e. The molecule has 0 fully saturated rings. The quantitative estimate of drug-likeness (QED) is 0.697. The second-order valence-electron chi connectivity index (χ2n) is 3.24. The summed E-state index contributed by atoms with van der Waals surface area (Å²) in [4.78, 5) is 21.3. The molecule has 1 aliphatic rings. The van der Waals surface area contributed by atoms with Gasteiger partial charge in [-0.15, -0.1) is 0 Å². The molecule has 0 spiro atoms. The summed E-state index contributed by atoms with van der Waals surface area (Å²) >= 11 is 0. The van der Waals surface area contributed by atoms with E-state index in [9.17, 15) is 14.0 Å². The lowest BCUT2D eigenvalue weighted by Crippen LogP contribution is -2.39. The molecule has 0 radical (unpaired) electrons. The van der Waals surface area contributed by atoms with Crippen molar-refractivity contribution in [3.05, 3.63) is 23.8 Å². The molecule has 0 aromatic rings. The SMILES string of the molecule is CC1(C(=O)O)C=CC=C(C(=O)O)C1F. The average Bonchev–Trinajstić information content (AvgIpc) is 2.09. The molecular formula is C9H9FO4. The van der Waals surface area contributed by atoms with Crippen LogP contribution < -0.4 is 0 Å². The lowest BCUT2D eigenvalue weighted by Gasteiger charge is -2.27. The first-order valence-corrected chi connectivity index (χ1v) is 3.90. The number of aliphatic carboxylic acids is 2. The first kappa shape index (κ1) is 10.4. The van der Waals surface area contributed by atoms with Crippen molar-refractivity contribution in [3.63, 3.8) is 0 Å². The van der Waals surface area contributed by atoms with E-state index in [-0.39, 0.29) is 0 Å². The van der Waals surface area contributed by atoms with Gasteiger partial charge in [-0.25, -0.2) is 9.18 Å². The molecule has 1 rings (SSSR count). The summed E-state index contributed by atoms with van der Waals surface area (Å²) in [6, 6.07) is 0. The molecule has 76 valence electrons. The van der Waals surface area contributed by atoms with Crippen molar-refractivity contribution >= 4 is 11.9 Å². The van der Waals surface area contributed by atoms with Crippen LogP contribution in [0.2, 0.25) is 0 Å². The van der Waals surface area contributed by atoms with E-state index in [1.54, 1.807) is 0 Å². The first-order chi connectivity index (χ1) is 6.39. The topological polar surface area (TPSA) is 74.6 Å². The van der Waals surface area contributed by atoms with Gasteiger partial charge in [0.1, 0.15) is 5.41 Å². The second kappa shape index (κ2) is 3.25. The Morgan fingerprint density at radius 3 is 2.50 bits per heavy atom. The Hall–Kier alpha value is -1.65. The van der Waals surface area contributed by atoms with E-state index in [4.69, 9.17) is 10.2 Å². The summed E-state index contributed by atoms with van der Waals surface area (Å²) in [5, 5.41) is 17.3. The van der Waals surface area contributed by atoms with E-state index < -0.39 is 29.1 Å². The van der Waals surface area contributed by atoms with Crippen LogP contribution in [-0.4, -0.2) is 28.3 Å². The van der Waals surface area contributed by atoms with Gasteiger partial charge in [-0.3, -0.25) is 4.79 Å². The maximum absolute atomic E-state index is 13.5. The minimum absolute atomic E-state index is 0.530. The third kappa shape index (κ3) is 1.41. The summed E-state index contributed by atoms with van der Waals surface area (Å²) in [7, 11) is 0. The van der Waals surface area contributed by atoms with Gasteiger partial charge in [0.2, 0.25) is 0 Å². The highest BCUT2D eigenvalue weighted by molar-refractivity contribution is 5.91. The average molecular weight is 200 g/mol. The minimum atomic E-state index is -2.03. The molecule has 1 aliphatic carbocycles. The van der Waals surface area contributed by atoms with Crippen LogP contribution in [0.5, 0.6) is 0 Å². The molecule has 0 saturated carbocycles. The summed E-state index contributed by atoms with van der Waals surface area (Å²) in [5.74, 6) is -2.82. The van der Waals surface area contributed by atoms with Crippen LogP contribution in [0.4, 0.5) is 4.39 Å². The molecule has 0 aliphatic heterocycles. The Morgan fingerprint density at radius 2 is 2.07 bits per heavy atom. The molecule has 0 saturated heterocycles. The number of carboxylic acids is 2. The summed E-state index contributed by atoms with van der Waals surface area (Å²) in [5.41, 5.74) is -2.32. The Bertz CT molecular complexity index is 345. The molecule has 5 heteroatoms. The van der Waals surface area contributed by atoms with E-state index >= 15 is 0 Å². The number of hydrogen-bond donors (Lipinski definition) is 2. The summed E-state index contributed by atoms with van der Waals surface area (Å²) < 4.78 is 13.5. The fraction of sp³-hybridized carbons (Fsp3) is 0.333. The lowest BCUT2D eigenvalue weighted by molar-refractivity contribution is -0.148. The number of carboxylic acid groups (broad SMARTS) is 2. The molecule has 0 aromatic carbocycles. The first-order valence-electron chi connectivity index (χ1n) is 3.90. The van der Waals surface area contributed by atoms with Crippen molar-refractivity contribution < 1.29 is 24.2 Å². The molecule has 2 unspecified atom stereocenters. The van der Waals surface area contributed by atoms with Crippen molar-refractivity contribution in [1.29, 1.82) is 0 Å². The Morgan fingerprint density at radius 1 is 1.50 bits per heavy atom. The summed E-state index contributed by atoms with van der Waals surface area (Å²) in [6.07, 6.45) is 1.43. The number of allylic oxidation sites excluding steroid dienone is 2. The third-order valence-corrected chi connectivity index (χ3v) is 2.23. The zero-order chi connectivity index (χ0) is 10.9. The molecule has 0 heterocycles. The zero-order valence-electron chi connectivity index (χ0n) is 7.40. The van der Waals surface area contributed by atoms with Crippen LogP contribution in [0.25, 0.3) is 0 Å². The fourth-order valence-electron chi connectivity index (χ4n) is 1.20. The monoisotopic (exact) mass is 200 g/mol. The van der Waals surface area contributed by atoms with Crippen molar-refractivity contribution in [2.24, 2.45) is 5.41 Å². The number of halogens is 1. The van der Waals surface area contributed by atoms with Crippen molar-refractivity contribution in [2.75, 3.05) is 0 Å². The normalized spacial score (nSPS) is 31.0. The molecule has 0 amide bonds. The van der Waals surface area contributed by atoms with Gasteiger partial charge >= 0.3 is 11.9 Å². The molecule has 0 aromatic heterocycles. The van der Waals surface area contributed by atoms with E-state index in [1.807, 2.05) is 0 Å². The molecular weight excluding hydrogens is 191 g/mol. The number of alkyl halides is 1. The fourth-order valence-corrected chi connectivity index (χ4v) is 1.20. The zero-order valence-corrected chi connectivity index (χ0v) is 7.40. The predicted molar refractivity (Wildman–Crippen MR) is 45.5 cm³/mol. The highest BCUT2D eigenvalue weighted by atomic mass is 19.1. The van der Waals surface area contributed by atoms with Gasteiger partial charge in [-0.05, 0) is 13.0 Å². The van der Waals surface area contributed by atoms with Gasteiger partial charge in [-0.1, -0.05) is 12.2 Å². The smallest absolute Gasteiger partial charge is 0.334 e. The predicted octanol–water partition coefficient (Wildman–Crippen LogP) is 0.996. The third-order valence-electron chi connectivity index (χ3n) is 2.23. The maximum atomic E-state index is 13.5. The number of hydrogen-bond acceptors (Lipinski definition) is 2. The van der Waals surface area contributed by atoms with Crippen LogP contribution in [0, 0.1) is 5.41 Å². The molecule has 14 heavy (non-hydrogen) atoms. The van der Waals surface area contributed by atoms with Crippen LogP contribution in [0.1, 0.15) is 6.92 Å². The lowest BCUT2D eigenvalue weighted by atomic mass is 9.78. The molecule has 2 N–H and O–H groups in total. The van der Waals surface area contributed by atoms with Gasteiger partial charge < -0.3 is 10.2 Å². The number of rotatable bonds is 2. The standard InChI is InChI=1S/C9H9FO4/c1-9(8(13)14)4-2-3-5(6(9)10)7(11)12/h2-4,6H,1H3,(H,11,12)(H,13,14). The van der Waals surface area contributed by atoms with Crippen LogP contribution in [-0.2, 0) is 9.59 Å². The Labute approximate surface area is 79.4 Å². The van der Waals surface area contributed by atoms with Gasteiger partial charge in [0.15, 0.2) is 6.17 Å². The van der Waals surface area contributed by atoms with Crippen molar-refractivity contribution in [2.45, 2.75) is 13.1 Å². The van der Waals surface area contributed by atoms with Crippen LogP contribution >= 0.6 is 0 Å². The molecule has 0 bridgehead atoms. The van der Waals surface area contributed by atoms with Gasteiger partial charge in [-0.2, -0.15) is 0 Å². The second-order valence-corrected chi connectivity index (χ2v) is 3.24. The van der Waals surface area contributed by atoms with Crippen LogP contribution in [0.15, 0.2) is 23.8 Å². The Balaban J connectivity index is 3.11. The Kier molecular flexibility index (Phi) is 2.42. The highest BCUT2D eigenvalue weighted by Crippen LogP contribution is 2.34. The van der Waals surface area contributed by atoms with E-state index in [0.29, 0.717) is 0 Å². The van der Waals surface area contributed by atoms with Crippen LogP contribution in [0.3, 0.4) is 0 Å². The van der Waals surface area contributed by atoms with Gasteiger partial charge in [0, 0.05) is 0 Å². The van der Waals surface area contributed by atoms with Crippen molar-refractivity contribution in [1.82, 2.24) is 0 Å². The van der Waals surface area contributed by atoms with Gasteiger partial charge in [0.25, 0.3) is 0 Å². The van der Waals surface area contributed by atoms with E-state index in [2.05, 4.69) is 0 Å².